The number of aromatic nitrogens is 3. The monoisotopic (exact) mass is 524 g/mol. The summed E-state index contributed by atoms with van der Waals surface area (Å²) in [6.07, 6.45) is 10.6. The number of hydrogen-bond donors (Lipinski definition) is 2. The van der Waals surface area contributed by atoms with Crippen molar-refractivity contribution in [2.75, 3.05) is 5.32 Å². The standard InChI is InChI=1S/C26H26F2N6O2S/c1-26(37(35,36)34-9-7-17-10-16(14-29)11-21(27)23(17)34)8-3-4-18(13-26)24-31-15-22(28)25(33-24)32-20-6-2-5-19(30)12-20/h3-4,7-11,15,19-20H,2,5-6,12-13,30H2,1H3,(H,31,32,33)/t19-,20+,26?/m1/s1. The molecule has 192 valence electrons. The summed E-state index contributed by atoms with van der Waals surface area (Å²) < 4.78 is 56.5. The van der Waals surface area contributed by atoms with E-state index in [2.05, 4.69) is 15.3 Å². The van der Waals surface area contributed by atoms with Crippen molar-refractivity contribution in [3.8, 4) is 6.07 Å². The molecule has 3 atom stereocenters. The minimum Gasteiger partial charge on any atom is -0.365 e. The van der Waals surface area contributed by atoms with Gasteiger partial charge < -0.3 is 11.1 Å². The van der Waals surface area contributed by atoms with E-state index in [-0.39, 0.29) is 41.2 Å². The Hall–Kier alpha value is -3.62. The number of nitrogens with zero attached hydrogens (tertiary/aromatic N) is 4. The van der Waals surface area contributed by atoms with Crippen molar-refractivity contribution in [2.45, 2.75) is 55.9 Å². The zero-order valence-electron chi connectivity index (χ0n) is 20.2. The number of nitriles is 1. The molecular weight excluding hydrogens is 498 g/mol. The van der Waals surface area contributed by atoms with Crippen molar-refractivity contribution in [3.63, 3.8) is 0 Å². The lowest BCUT2D eigenvalue weighted by atomic mass is 9.91. The van der Waals surface area contributed by atoms with Crippen molar-refractivity contribution < 1.29 is 17.2 Å². The van der Waals surface area contributed by atoms with E-state index < -0.39 is 26.4 Å². The van der Waals surface area contributed by atoms with Gasteiger partial charge in [0.1, 0.15) is 10.6 Å². The van der Waals surface area contributed by atoms with Crippen molar-refractivity contribution in [1.82, 2.24) is 13.9 Å². The number of fused-ring (bicyclic) bond motifs is 1. The first-order valence-corrected chi connectivity index (χ1v) is 13.4. The molecule has 1 aromatic carbocycles. The highest BCUT2D eigenvalue weighted by atomic mass is 32.2. The molecule has 1 saturated carbocycles. The molecule has 0 bridgehead atoms. The fourth-order valence-electron chi connectivity index (χ4n) is 5.06. The summed E-state index contributed by atoms with van der Waals surface area (Å²) in [6.45, 7) is 1.53. The molecule has 1 fully saturated rings. The number of allylic oxidation sites excluding steroid dienone is 3. The molecule has 5 rings (SSSR count). The van der Waals surface area contributed by atoms with Crippen LogP contribution in [0.4, 0.5) is 14.6 Å². The van der Waals surface area contributed by atoms with E-state index in [9.17, 15) is 17.2 Å². The van der Waals surface area contributed by atoms with Gasteiger partial charge in [-0.3, -0.25) is 0 Å². The normalized spacial score (nSPS) is 24.0. The maximum absolute atomic E-state index is 14.9. The minimum absolute atomic E-state index is 0.00894. The van der Waals surface area contributed by atoms with Crippen LogP contribution in [0.25, 0.3) is 16.5 Å². The molecule has 0 spiro atoms. The van der Waals surface area contributed by atoms with Gasteiger partial charge in [-0.1, -0.05) is 18.2 Å². The van der Waals surface area contributed by atoms with Crippen molar-refractivity contribution in [2.24, 2.45) is 5.73 Å². The highest BCUT2D eigenvalue weighted by Gasteiger charge is 2.41. The highest BCUT2D eigenvalue weighted by Crippen LogP contribution is 2.37. The molecule has 3 N–H and O–H groups in total. The first-order chi connectivity index (χ1) is 17.6. The maximum Gasteiger partial charge on any atom is 0.248 e. The Bertz CT molecular complexity index is 1590. The molecular formula is C26H26F2N6O2S. The first kappa shape index (κ1) is 25.0. The summed E-state index contributed by atoms with van der Waals surface area (Å²) in [6, 6.07) is 5.82. The van der Waals surface area contributed by atoms with Gasteiger partial charge in [0, 0.05) is 30.1 Å². The Morgan fingerprint density at radius 1 is 1.27 bits per heavy atom. The Balaban J connectivity index is 1.45. The lowest BCUT2D eigenvalue weighted by Gasteiger charge is -2.30. The van der Waals surface area contributed by atoms with Crippen LogP contribution in [0.1, 0.15) is 50.4 Å². The Morgan fingerprint density at radius 3 is 2.84 bits per heavy atom. The molecule has 2 aliphatic rings. The van der Waals surface area contributed by atoms with Crippen LogP contribution in [0.2, 0.25) is 0 Å². The Labute approximate surface area is 213 Å². The number of hydrogen-bond acceptors (Lipinski definition) is 7. The number of anilines is 1. The van der Waals surface area contributed by atoms with Crippen molar-refractivity contribution in [3.05, 3.63) is 71.8 Å². The second-order valence-electron chi connectivity index (χ2n) is 9.82. The summed E-state index contributed by atoms with van der Waals surface area (Å²) in [5, 5.41) is 12.5. The number of rotatable bonds is 5. The molecule has 2 heterocycles. The topological polar surface area (TPSA) is 127 Å². The minimum atomic E-state index is -4.17. The lowest BCUT2D eigenvalue weighted by molar-refractivity contribution is 0.407. The van der Waals surface area contributed by atoms with E-state index in [0.717, 1.165) is 35.5 Å². The molecule has 2 aliphatic carbocycles. The average molecular weight is 525 g/mol. The summed E-state index contributed by atoms with van der Waals surface area (Å²) in [4.78, 5) is 8.50. The molecule has 0 amide bonds. The molecule has 1 unspecified atom stereocenters. The summed E-state index contributed by atoms with van der Waals surface area (Å²) >= 11 is 0. The predicted molar refractivity (Wildman–Crippen MR) is 137 cm³/mol. The maximum atomic E-state index is 14.9. The van der Waals surface area contributed by atoms with Crippen LogP contribution < -0.4 is 11.1 Å². The van der Waals surface area contributed by atoms with E-state index in [1.54, 1.807) is 12.2 Å². The van der Waals surface area contributed by atoms with Crippen LogP contribution >= 0.6 is 0 Å². The van der Waals surface area contributed by atoms with Gasteiger partial charge in [-0.05, 0) is 56.4 Å². The molecule has 8 nitrogen and oxygen atoms in total. The fraction of sp³-hybridized carbons (Fsp3) is 0.346. The van der Waals surface area contributed by atoms with Gasteiger partial charge in [0.05, 0.1) is 23.3 Å². The lowest BCUT2D eigenvalue weighted by Crippen LogP contribution is -2.39. The van der Waals surface area contributed by atoms with Crippen LogP contribution in [0.5, 0.6) is 0 Å². The van der Waals surface area contributed by atoms with Gasteiger partial charge in [0.15, 0.2) is 17.5 Å². The van der Waals surface area contributed by atoms with E-state index >= 15 is 0 Å². The number of nitrogens with two attached hydrogens (primary N) is 1. The number of nitrogens with one attached hydrogen (secondary N) is 1. The number of benzene rings is 1. The van der Waals surface area contributed by atoms with E-state index in [1.807, 2.05) is 6.07 Å². The zero-order chi connectivity index (χ0) is 26.4. The van der Waals surface area contributed by atoms with Crippen LogP contribution in [0.15, 0.2) is 48.8 Å². The van der Waals surface area contributed by atoms with E-state index in [4.69, 9.17) is 11.0 Å². The third kappa shape index (κ3) is 4.51. The highest BCUT2D eigenvalue weighted by molar-refractivity contribution is 7.91. The van der Waals surface area contributed by atoms with Crippen molar-refractivity contribution in [1.29, 1.82) is 5.26 Å². The zero-order valence-corrected chi connectivity index (χ0v) is 21.0. The summed E-state index contributed by atoms with van der Waals surface area (Å²) in [5.74, 6) is -1.15. The Morgan fingerprint density at radius 2 is 2.08 bits per heavy atom. The van der Waals surface area contributed by atoms with Crippen LogP contribution in [0, 0.1) is 23.0 Å². The quantitative estimate of drug-likeness (QED) is 0.511. The average Bonchev–Trinajstić information content (AvgIpc) is 3.31. The van der Waals surface area contributed by atoms with Gasteiger partial charge in [0.2, 0.25) is 10.0 Å². The molecule has 0 radical (unpaired) electrons. The van der Waals surface area contributed by atoms with Crippen molar-refractivity contribution >= 4 is 32.3 Å². The Kier molecular flexibility index (Phi) is 6.33. The summed E-state index contributed by atoms with van der Waals surface area (Å²) in [5.41, 5.74) is 6.53. The molecule has 37 heavy (non-hydrogen) atoms. The fourth-order valence-corrected chi connectivity index (χ4v) is 6.75. The van der Waals surface area contributed by atoms with E-state index in [1.165, 1.54) is 31.3 Å². The van der Waals surface area contributed by atoms with Gasteiger partial charge in [-0.2, -0.15) is 5.26 Å². The molecule has 11 heteroatoms. The summed E-state index contributed by atoms with van der Waals surface area (Å²) in [7, 11) is -4.17. The molecule has 2 aromatic heterocycles. The van der Waals surface area contributed by atoms with Gasteiger partial charge in [-0.15, -0.1) is 0 Å². The molecule has 0 aliphatic heterocycles. The molecule has 3 aromatic rings. The smallest absolute Gasteiger partial charge is 0.248 e. The van der Waals surface area contributed by atoms with Gasteiger partial charge >= 0.3 is 0 Å². The number of halogens is 2. The van der Waals surface area contributed by atoms with Crippen LogP contribution in [-0.2, 0) is 10.0 Å². The second-order valence-corrected chi connectivity index (χ2v) is 12.1. The van der Waals surface area contributed by atoms with Gasteiger partial charge in [0.25, 0.3) is 0 Å². The largest absolute Gasteiger partial charge is 0.365 e. The van der Waals surface area contributed by atoms with Gasteiger partial charge in [-0.25, -0.2) is 31.1 Å². The first-order valence-electron chi connectivity index (χ1n) is 12.0. The third-order valence-electron chi connectivity index (χ3n) is 7.05. The van der Waals surface area contributed by atoms with Crippen LogP contribution in [0.3, 0.4) is 0 Å². The second kappa shape index (κ2) is 9.36. The SMILES string of the molecule is CC1(S(=O)(=O)n2ccc3cc(C#N)cc(F)c32)C=CC=C(c2ncc(F)c(N[C@H]3CCC[C@@H](N)C3)n2)C1. The van der Waals surface area contributed by atoms with Crippen LogP contribution in [-0.4, -0.2) is 39.2 Å². The predicted octanol–water partition coefficient (Wildman–Crippen LogP) is 4.24. The third-order valence-corrected chi connectivity index (χ3v) is 9.34. The molecule has 0 saturated heterocycles. The van der Waals surface area contributed by atoms with E-state index in [0.29, 0.717) is 17.4 Å².